The number of nitro benzene ring substituents is 1. The Morgan fingerprint density at radius 1 is 1.03 bits per heavy atom. The highest BCUT2D eigenvalue weighted by Gasteiger charge is 2.27. The number of hydrogen-bond acceptors (Lipinski definition) is 8. The third-order valence-electron chi connectivity index (χ3n) is 4.84. The van der Waals surface area contributed by atoms with Crippen LogP contribution in [0.5, 0.6) is 5.75 Å². The van der Waals surface area contributed by atoms with Crippen LogP contribution in [0.25, 0.3) is 22.1 Å². The van der Waals surface area contributed by atoms with Crippen LogP contribution in [-0.4, -0.2) is 22.7 Å². The molecular formula is C22H13N3O6S2. The van der Waals surface area contributed by atoms with E-state index in [1.165, 1.54) is 40.0 Å². The number of nitrogens with zero attached hydrogens (tertiary/aromatic N) is 3. The maximum Gasteiger partial charge on any atom is 0.346 e. The SMILES string of the molecule is O=c1/c(=C/c2cccc(OS(=O)(=O)c3ccccc3[N+](=O)[O-])c2)sc2nc3ccccc3n12. The maximum absolute atomic E-state index is 12.9. The molecule has 0 radical (unpaired) electrons. The van der Waals surface area contributed by atoms with Gasteiger partial charge in [0.2, 0.25) is 0 Å². The van der Waals surface area contributed by atoms with Crippen LogP contribution in [0.4, 0.5) is 5.69 Å². The van der Waals surface area contributed by atoms with Gasteiger partial charge in [-0.05, 0) is 42.0 Å². The third-order valence-corrected chi connectivity index (χ3v) is 7.10. The normalized spacial score (nSPS) is 12.4. The Bertz CT molecular complexity index is 1770. The van der Waals surface area contributed by atoms with Gasteiger partial charge in [0.05, 0.1) is 20.5 Å². The third kappa shape index (κ3) is 3.73. The Morgan fingerprint density at radius 3 is 2.61 bits per heavy atom. The van der Waals surface area contributed by atoms with Crippen LogP contribution >= 0.6 is 11.3 Å². The first-order valence-electron chi connectivity index (χ1n) is 9.53. The van der Waals surface area contributed by atoms with E-state index in [0.717, 1.165) is 17.6 Å². The summed E-state index contributed by atoms with van der Waals surface area (Å²) in [5, 5.41) is 11.2. The van der Waals surface area contributed by atoms with Gasteiger partial charge in [-0.25, -0.2) is 9.38 Å². The minimum atomic E-state index is -4.45. The molecule has 2 aromatic heterocycles. The highest BCUT2D eigenvalue weighted by atomic mass is 32.2. The smallest absolute Gasteiger partial charge is 0.346 e. The zero-order chi connectivity index (χ0) is 23.2. The Balaban J connectivity index is 1.53. The molecule has 2 heterocycles. The van der Waals surface area contributed by atoms with Gasteiger partial charge in [-0.1, -0.05) is 47.7 Å². The summed E-state index contributed by atoms with van der Waals surface area (Å²) in [4.78, 5) is 27.8. The summed E-state index contributed by atoms with van der Waals surface area (Å²) < 4.78 is 32.4. The highest BCUT2D eigenvalue weighted by molar-refractivity contribution is 7.87. The van der Waals surface area contributed by atoms with Gasteiger partial charge >= 0.3 is 10.1 Å². The molecule has 0 unspecified atom stereocenters. The van der Waals surface area contributed by atoms with Crippen LogP contribution in [0.2, 0.25) is 0 Å². The number of imidazole rings is 1. The Hall–Kier alpha value is -4.09. The van der Waals surface area contributed by atoms with Crippen molar-refractivity contribution in [3.8, 4) is 5.75 Å². The molecule has 5 rings (SSSR count). The topological polar surface area (TPSA) is 121 Å². The number of hydrogen-bond donors (Lipinski definition) is 0. The van der Waals surface area contributed by atoms with Crippen LogP contribution in [0.1, 0.15) is 5.56 Å². The summed E-state index contributed by atoms with van der Waals surface area (Å²) in [6, 6.07) is 18.4. The molecule has 0 aliphatic heterocycles. The van der Waals surface area contributed by atoms with Crippen molar-refractivity contribution in [1.29, 1.82) is 0 Å². The molecule has 0 saturated heterocycles. The predicted octanol–water partition coefficient (Wildman–Crippen LogP) is 3.13. The molecule has 0 spiro atoms. The summed E-state index contributed by atoms with van der Waals surface area (Å²) in [6.07, 6.45) is 1.61. The van der Waals surface area contributed by atoms with Gasteiger partial charge in [-0.15, -0.1) is 0 Å². The Labute approximate surface area is 190 Å². The van der Waals surface area contributed by atoms with Crippen molar-refractivity contribution in [2.45, 2.75) is 4.90 Å². The highest BCUT2D eigenvalue weighted by Crippen LogP contribution is 2.27. The average Bonchev–Trinajstić information content (AvgIpc) is 3.30. The molecule has 164 valence electrons. The van der Waals surface area contributed by atoms with Crippen LogP contribution in [0.3, 0.4) is 0 Å². The van der Waals surface area contributed by atoms with Crippen LogP contribution in [-0.2, 0) is 10.1 Å². The maximum atomic E-state index is 12.9. The predicted molar refractivity (Wildman–Crippen MR) is 123 cm³/mol. The van der Waals surface area contributed by atoms with E-state index in [1.807, 2.05) is 24.3 Å². The fraction of sp³-hybridized carbons (Fsp3) is 0. The van der Waals surface area contributed by atoms with Gasteiger partial charge in [0.25, 0.3) is 11.2 Å². The van der Waals surface area contributed by atoms with Crippen molar-refractivity contribution < 1.29 is 17.5 Å². The van der Waals surface area contributed by atoms with Crippen LogP contribution in [0, 0.1) is 10.1 Å². The number of para-hydroxylation sites is 3. The quantitative estimate of drug-likeness (QED) is 0.216. The van der Waals surface area contributed by atoms with E-state index in [4.69, 9.17) is 4.18 Å². The molecule has 33 heavy (non-hydrogen) atoms. The zero-order valence-electron chi connectivity index (χ0n) is 16.6. The Morgan fingerprint density at radius 2 is 1.79 bits per heavy atom. The lowest BCUT2D eigenvalue weighted by molar-refractivity contribution is -0.387. The Kier molecular flexibility index (Phi) is 4.91. The first-order valence-corrected chi connectivity index (χ1v) is 11.8. The summed E-state index contributed by atoms with van der Waals surface area (Å²) in [6.45, 7) is 0. The largest absolute Gasteiger partial charge is 0.379 e. The molecule has 0 saturated carbocycles. The standard InChI is InChI=1S/C22H13N3O6S2/c26-21-19(32-22-23-16-8-1-2-9-17(16)24(21)22)13-14-6-5-7-15(12-14)31-33(29,30)20-11-4-3-10-18(20)25(27)28/h1-13H/b19-13-. The van der Waals surface area contributed by atoms with E-state index in [2.05, 4.69) is 4.98 Å². The first-order chi connectivity index (χ1) is 15.8. The fourth-order valence-corrected chi connectivity index (χ4v) is 5.49. The van der Waals surface area contributed by atoms with Crippen molar-refractivity contribution in [3.63, 3.8) is 0 Å². The summed E-state index contributed by atoms with van der Waals surface area (Å²) in [7, 11) is -4.45. The molecular weight excluding hydrogens is 466 g/mol. The number of nitro groups is 1. The lowest BCUT2D eigenvalue weighted by atomic mass is 10.2. The molecule has 0 atom stereocenters. The number of thiazole rings is 1. The van der Waals surface area contributed by atoms with Crippen LogP contribution in [0.15, 0.2) is 82.5 Å². The molecule has 0 aliphatic rings. The van der Waals surface area contributed by atoms with E-state index in [-0.39, 0.29) is 11.3 Å². The number of rotatable bonds is 5. The van der Waals surface area contributed by atoms with Gasteiger partial charge in [-0.2, -0.15) is 8.42 Å². The molecule has 0 fully saturated rings. The minimum Gasteiger partial charge on any atom is -0.379 e. The summed E-state index contributed by atoms with van der Waals surface area (Å²) in [5.41, 5.74) is 1.15. The van der Waals surface area contributed by atoms with Crippen molar-refractivity contribution in [3.05, 3.63) is 103 Å². The molecule has 11 heteroatoms. The van der Waals surface area contributed by atoms with E-state index in [0.29, 0.717) is 20.6 Å². The van der Waals surface area contributed by atoms with Crippen molar-refractivity contribution in [2.24, 2.45) is 0 Å². The second-order valence-corrected chi connectivity index (χ2v) is 9.49. The molecule has 5 aromatic rings. The molecule has 0 aliphatic carbocycles. The molecule has 0 N–H and O–H groups in total. The first kappa shape index (κ1) is 20.8. The van der Waals surface area contributed by atoms with Gasteiger partial charge in [0.15, 0.2) is 9.86 Å². The molecule has 0 amide bonds. The van der Waals surface area contributed by atoms with Crippen molar-refractivity contribution in [2.75, 3.05) is 0 Å². The van der Waals surface area contributed by atoms with Gasteiger partial charge in [0, 0.05) is 6.07 Å². The van der Waals surface area contributed by atoms with E-state index < -0.39 is 25.6 Å². The number of fused-ring (bicyclic) bond motifs is 3. The number of benzene rings is 3. The minimum absolute atomic E-state index is 0.0406. The lowest BCUT2D eigenvalue weighted by Gasteiger charge is -2.08. The summed E-state index contributed by atoms with van der Waals surface area (Å²) >= 11 is 1.22. The zero-order valence-corrected chi connectivity index (χ0v) is 18.2. The second-order valence-electron chi connectivity index (χ2n) is 6.97. The van der Waals surface area contributed by atoms with Gasteiger partial charge in [0.1, 0.15) is 5.75 Å². The average molecular weight is 479 g/mol. The molecule has 3 aromatic carbocycles. The van der Waals surface area contributed by atoms with E-state index >= 15 is 0 Å². The van der Waals surface area contributed by atoms with Crippen LogP contribution < -0.4 is 14.3 Å². The van der Waals surface area contributed by atoms with E-state index in [1.54, 1.807) is 18.2 Å². The molecule has 0 bridgehead atoms. The number of aromatic nitrogens is 2. The second kappa shape index (κ2) is 7.80. The molecule has 9 nitrogen and oxygen atoms in total. The van der Waals surface area contributed by atoms with Gasteiger partial charge < -0.3 is 4.18 Å². The van der Waals surface area contributed by atoms with Crippen molar-refractivity contribution in [1.82, 2.24) is 9.38 Å². The summed E-state index contributed by atoms with van der Waals surface area (Å²) in [5.74, 6) is -0.0406. The lowest BCUT2D eigenvalue weighted by Crippen LogP contribution is -2.22. The van der Waals surface area contributed by atoms with Crippen molar-refractivity contribution >= 4 is 49.2 Å². The monoisotopic (exact) mass is 479 g/mol. The van der Waals surface area contributed by atoms with Gasteiger partial charge in [-0.3, -0.25) is 14.9 Å². The fourth-order valence-electron chi connectivity index (χ4n) is 3.41. The van der Waals surface area contributed by atoms with E-state index in [9.17, 15) is 23.3 Å².